The van der Waals surface area contributed by atoms with Crippen LogP contribution < -0.4 is 0 Å². The Hall–Kier alpha value is -3.16. The molecule has 1 aliphatic heterocycles. The zero-order chi connectivity index (χ0) is 22.5. The molecule has 8 heteroatoms. The predicted octanol–water partition coefficient (Wildman–Crippen LogP) is 5.11. The van der Waals surface area contributed by atoms with Crippen molar-refractivity contribution < 1.29 is 13.6 Å². The maximum absolute atomic E-state index is 13.4. The summed E-state index contributed by atoms with van der Waals surface area (Å²) in [5.41, 5.74) is 3.53. The lowest BCUT2D eigenvalue weighted by molar-refractivity contribution is 0.0816. The van der Waals surface area contributed by atoms with Gasteiger partial charge in [0.15, 0.2) is 0 Å². The number of carbonyl (C=O) groups excluding carboxylic acids is 1. The number of pyridine rings is 2. The second kappa shape index (κ2) is 7.76. The number of fused-ring (bicyclic) bond motifs is 1. The second-order valence-electron chi connectivity index (χ2n) is 9.26. The summed E-state index contributed by atoms with van der Waals surface area (Å²) in [5, 5.41) is 4.54. The van der Waals surface area contributed by atoms with Crippen LogP contribution in [0.4, 0.5) is 8.78 Å². The van der Waals surface area contributed by atoms with Crippen LogP contribution in [0.15, 0.2) is 36.8 Å². The summed E-state index contributed by atoms with van der Waals surface area (Å²) in [6.45, 7) is 3.56. The standard InChI is InChI=1S/C24H25F2N5O/c1-24(7-3-4-8-24)14-31-12-16(11-28-31)17-5-6-19(22(25)26)29-21(17)15-9-18-20(27-10-15)13-30(2)23(18)32/h5-6,9-12,22H,3-4,7-8,13-14H2,1-2H3. The summed E-state index contributed by atoms with van der Waals surface area (Å²) < 4.78 is 28.8. The van der Waals surface area contributed by atoms with Crippen molar-refractivity contribution in [1.82, 2.24) is 24.6 Å². The average molecular weight is 437 g/mol. The van der Waals surface area contributed by atoms with Crippen molar-refractivity contribution in [3.63, 3.8) is 0 Å². The number of hydrogen-bond donors (Lipinski definition) is 0. The summed E-state index contributed by atoms with van der Waals surface area (Å²) in [4.78, 5) is 22.7. The number of rotatable bonds is 5. The first-order valence-corrected chi connectivity index (χ1v) is 10.9. The van der Waals surface area contributed by atoms with Gasteiger partial charge in [-0.3, -0.25) is 14.5 Å². The van der Waals surface area contributed by atoms with Crippen LogP contribution >= 0.6 is 0 Å². The molecule has 0 spiro atoms. The molecule has 0 unspecified atom stereocenters. The van der Waals surface area contributed by atoms with Crippen LogP contribution in [0.2, 0.25) is 0 Å². The molecule has 0 saturated heterocycles. The first-order valence-electron chi connectivity index (χ1n) is 10.9. The molecule has 1 amide bonds. The molecule has 1 saturated carbocycles. The highest BCUT2D eigenvalue weighted by Crippen LogP contribution is 2.39. The molecular weight excluding hydrogens is 412 g/mol. The van der Waals surface area contributed by atoms with Crippen LogP contribution in [-0.2, 0) is 13.1 Å². The van der Waals surface area contributed by atoms with Gasteiger partial charge in [-0.15, -0.1) is 0 Å². The molecular formula is C24H25F2N5O. The van der Waals surface area contributed by atoms with Crippen molar-refractivity contribution in [2.75, 3.05) is 7.05 Å². The third-order valence-electron chi connectivity index (χ3n) is 6.65. The minimum atomic E-state index is -2.69. The van der Waals surface area contributed by atoms with E-state index in [2.05, 4.69) is 22.0 Å². The number of carbonyl (C=O) groups is 1. The monoisotopic (exact) mass is 437 g/mol. The van der Waals surface area contributed by atoms with Gasteiger partial charge in [0.2, 0.25) is 0 Å². The van der Waals surface area contributed by atoms with Crippen LogP contribution in [0.3, 0.4) is 0 Å². The van der Waals surface area contributed by atoms with Gasteiger partial charge in [0.05, 0.1) is 29.7 Å². The van der Waals surface area contributed by atoms with E-state index in [1.165, 1.54) is 31.7 Å². The van der Waals surface area contributed by atoms with Crippen molar-refractivity contribution in [1.29, 1.82) is 0 Å². The molecule has 3 aromatic rings. The minimum absolute atomic E-state index is 0.126. The van der Waals surface area contributed by atoms with E-state index in [0.29, 0.717) is 34.6 Å². The van der Waals surface area contributed by atoms with E-state index in [0.717, 1.165) is 12.1 Å². The van der Waals surface area contributed by atoms with Gasteiger partial charge in [-0.25, -0.2) is 13.8 Å². The van der Waals surface area contributed by atoms with Gasteiger partial charge in [-0.2, -0.15) is 5.10 Å². The highest BCUT2D eigenvalue weighted by Gasteiger charge is 2.30. The Morgan fingerprint density at radius 1 is 1.12 bits per heavy atom. The van der Waals surface area contributed by atoms with Crippen LogP contribution in [0.25, 0.3) is 22.4 Å². The summed E-state index contributed by atoms with van der Waals surface area (Å²) in [6, 6.07) is 4.71. The topological polar surface area (TPSA) is 63.9 Å². The number of halogens is 2. The zero-order valence-corrected chi connectivity index (χ0v) is 18.2. The van der Waals surface area contributed by atoms with Crippen molar-refractivity contribution in [3.05, 3.63) is 53.7 Å². The van der Waals surface area contributed by atoms with Gasteiger partial charge in [0.25, 0.3) is 12.3 Å². The molecule has 0 N–H and O–H groups in total. The first-order chi connectivity index (χ1) is 15.3. The molecule has 0 radical (unpaired) electrons. The minimum Gasteiger partial charge on any atom is -0.336 e. The second-order valence-corrected chi connectivity index (χ2v) is 9.26. The van der Waals surface area contributed by atoms with E-state index in [1.54, 1.807) is 36.5 Å². The van der Waals surface area contributed by atoms with Crippen LogP contribution in [0, 0.1) is 5.41 Å². The molecule has 5 rings (SSSR count). The number of nitrogens with zero attached hydrogens (tertiary/aromatic N) is 5. The molecule has 2 aliphatic rings. The van der Waals surface area contributed by atoms with Gasteiger partial charge in [0, 0.05) is 42.7 Å². The largest absolute Gasteiger partial charge is 0.336 e. The summed E-state index contributed by atoms with van der Waals surface area (Å²) in [6.07, 6.45) is 7.47. The Balaban J connectivity index is 1.55. The molecule has 32 heavy (non-hydrogen) atoms. The van der Waals surface area contributed by atoms with Gasteiger partial charge in [-0.1, -0.05) is 25.8 Å². The Kier molecular flexibility index (Phi) is 5.03. The highest BCUT2D eigenvalue weighted by atomic mass is 19.3. The first kappa shape index (κ1) is 20.7. The fourth-order valence-electron chi connectivity index (χ4n) is 4.85. The number of hydrogen-bond acceptors (Lipinski definition) is 4. The van der Waals surface area contributed by atoms with Gasteiger partial charge < -0.3 is 4.90 Å². The molecule has 0 bridgehead atoms. The fourth-order valence-corrected chi connectivity index (χ4v) is 4.85. The molecule has 1 aliphatic carbocycles. The van der Waals surface area contributed by atoms with Gasteiger partial charge in [-0.05, 0) is 30.4 Å². The number of aromatic nitrogens is 4. The lowest BCUT2D eigenvalue weighted by atomic mass is 9.89. The van der Waals surface area contributed by atoms with Crippen molar-refractivity contribution in [3.8, 4) is 22.4 Å². The Morgan fingerprint density at radius 3 is 2.66 bits per heavy atom. The average Bonchev–Trinajstić information content (AvgIpc) is 3.48. The van der Waals surface area contributed by atoms with Crippen molar-refractivity contribution in [2.45, 2.75) is 52.1 Å². The lowest BCUT2D eigenvalue weighted by Crippen LogP contribution is -2.19. The fraction of sp³-hybridized carbons (Fsp3) is 0.417. The summed E-state index contributed by atoms with van der Waals surface area (Å²) in [5.74, 6) is -0.126. The van der Waals surface area contributed by atoms with Crippen molar-refractivity contribution in [2.24, 2.45) is 5.41 Å². The lowest BCUT2D eigenvalue weighted by Gasteiger charge is -2.22. The Morgan fingerprint density at radius 2 is 1.91 bits per heavy atom. The summed E-state index contributed by atoms with van der Waals surface area (Å²) >= 11 is 0. The Bertz CT molecular complexity index is 1180. The Labute approximate surface area is 185 Å². The molecule has 4 heterocycles. The van der Waals surface area contributed by atoms with Gasteiger partial charge in [0.1, 0.15) is 5.69 Å². The summed E-state index contributed by atoms with van der Waals surface area (Å²) in [7, 11) is 1.71. The van der Waals surface area contributed by atoms with E-state index < -0.39 is 6.43 Å². The smallest absolute Gasteiger partial charge is 0.280 e. The van der Waals surface area contributed by atoms with E-state index in [4.69, 9.17) is 0 Å². The van der Waals surface area contributed by atoms with Crippen LogP contribution in [-0.4, -0.2) is 37.6 Å². The van der Waals surface area contributed by atoms with E-state index in [1.807, 2.05) is 10.9 Å². The van der Waals surface area contributed by atoms with Crippen LogP contribution in [0.5, 0.6) is 0 Å². The quantitative estimate of drug-likeness (QED) is 0.556. The third kappa shape index (κ3) is 3.67. The molecule has 1 fully saturated rings. The maximum atomic E-state index is 13.4. The molecule has 6 nitrogen and oxygen atoms in total. The van der Waals surface area contributed by atoms with Crippen LogP contribution in [0.1, 0.15) is 60.8 Å². The number of alkyl halides is 2. The van der Waals surface area contributed by atoms with E-state index in [-0.39, 0.29) is 17.0 Å². The van der Waals surface area contributed by atoms with Crippen molar-refractivity contribution >= 4 is 5.91 Å². The molecule has 166 valence electrons. The molecule has 0 atom stereocenters. The normalized spacial score (nSPS) is 17.4. The van der Waals surface area contributed by atoms with E-state index in [9.17, 15) is 13.6 Å². The predicted molar refractivity (Wildman–Crippen MR) is 116 cm³/mol. The zero-order valence-electron chi connectivity index (χ0n) is 18.2. The number of amides is 1. The highest BCUT2D eigenvalue weighted by molar-refractivity contribution is 5.99. The van der Waals surface area contributed by atoms with Gasteiger partial charge >= 0.3 is 0 Å². The maximum Gasteiger partial charge on any atom is 0.280 e. The SMILES string of the molecule is CN1Cc2ncc(-c3nc(C(F)F)ccc3-c3cnn(CC4(C)CCCC4)c3)cc2C1=O. The molecule has 3 aromatic heterocycles. The van der Waals surface area contributed by atoms with E-state index >= 15 is 0 Å². The molecule has 0 aromatic carbocycles. The third-order valence-corrected chi connectivity index (χ3v) is 6.65.